The van der Waals surface area contributed by atoms with Gasteiger partial charge in [0.05, 0.1) is 5.02 Å². The third kappa shape index (κ3) is 2.43. The molecule has 0 radical (unpaired) electrons. The minimum absolute atomic E-state index is 0.427. The SMILES string of the molecule is Clc1ccc(Cl)c(-n2nnc(-c3ccccn3)n2)c1. The lowest BCUT2D eigenvalue weighted by Crippen LogP contribution is -2.00. The molecule has 0 N–H and O–H groups in total. The molecule has 0 atom stereocenters. The molecule has 0 aliphatic carbocycles. The van der Waals surface area contributed by atoms with E-state index in [1.54, 1.807) is 30.5 Å². The Morgan fingerprint density at radius 3 is 2.74 bits per heavy atom. The zero-order chi connectivity index (χ0) is 13.2. The van der Waals surface area contributed by atoms with E-state index < -0.39 is 0 Å². The summed E-state index contributed by atoms with van der Waals surface area (Å²) in [6, 6.07) is 10.5. The molecule has 7 heteroatoms. The van der Waals surface area contributed by atoms with Crippen LogP contribution < -0.4 is 0 Å². The van der Waals surface area contributed by atoms with Gasteiger partial charge in [-0.2, -0.15) is 0 Å². The first-order valence-corrected chi connectivity index (χ1v) is 6.16. The van der Waals surface area contributed by atoms with Gasteiger partial charge in [0, 0.05) is 11.2 Å². The van der Waals surface area contributed by atoms with Crippen LogP contribution in [-0.2, 0) is 0 Å². The summed E-state index contributed by atoms with van der Waals surface area (Å²) in [5.41, 5.74) is 1.22. The Morgan fingerprint density at radius 2 is 1.95 bits per heavy atom. The number of hydrogen-bond donors (Lipinski definition) is 0. The van der Waals surface area contributed by atoms with Crippen LogP contribution in [0.15, 0.2) is 42.6 Å². The zero-order valence-electron chi connectivity index (χ0n) is 9.53. The fourth-order valence-electron chi connectivity index (χ4n) is 1.55. The zero-order valence-corrected chi connectivity index (χ0v) is 11.0. The minimum atomic E-state index is 0.427. The van der Waals surface area contributed by atoms with Crippen molar-refractivity contribution in [2.45, 2.75) is 0 Å². The fourth-order valence-corrected chi connectivity index (χ4v) is 1.91. The van der Waals surface area contributed by atoms with Gasteiger partial charge < -0.3 is 0 Å². The number of nitrogens with zero attached hydrogens (tertiary/aromatic N) is 5. The monoisotopic (exact) mass is 291 g/mol. The van der Waals surface area contributed by atoms with Crippen LogP contribution in [0, 0.1) is 0 Å². The maximum Gasteiger partial charge on any atom is 0.223 e. The fraction of sp³-hybridized carbons (Fsp3) is 0. The Hall–Kier alpha value is -1.98. The average Bonchev–Trinajstić information content (AvgIpc) is 2.92. The van der Waals surface area contributed by atoms with Crippen molar-refractivity contribution in [3.8, 4) is 17.2 Å². The van der Waals surface area contributed by atoms with Gasteiger partial charge in [-0.15, -0.1) is 15.0 Å². The second-order valence-corrected chi connectivity index (χ2v) is 4.56. The second-order valence-electron chi connectivity index (χ2n) is 3.71. The molecule has 0 bridgehead atoms. The lowest BCUT2D eigenvalue weighted by atomic mass is 10.3. The van der Waals surface area contributed by atoms with E-state index in [2.05, 4.69) is 20.4 Å². The maximum absolute atomic E-state index is 6.08. The molecule has 3 aromatic rings. The summed E-state index contributed by atoms with van der Waals surface area (Å²) in [6.07, 6.45) is 1.67. The Balaban J connectivity index is 2.04. The van der Waals surface area contributed by atoms with Gasteiger partial charge in [0.2, 0.25) is 5.82 Å². The van der Waals surface area contributed by atoms with Gasteiger partial charge in [0.25, 0.3) is 0 Å². The Kier molecular flexibility index (Phi) is 3.15. The van der Waals surface area contributed by atoms with Crippen molar-refractivity contribution in [1.29, 1.82) is 0 Å². The van der Waals surface area contributed by atoms with E-state index in [1.807, 2.05) is 12.1 Å². The Bertz CT molecular complexity index is 711. The molecule has 19 heavy (non-hydrogen) atoms. The molecule has 2 aromatic heterocycles. The predicted octanol–water partition coefficient (Wildman–Crippen LogP) is 3.03. The molecule has 2 heterocycles. The van der Waals surface area contributed by atoms with Gasteiger partial charge in [-0.1, -0.05) is 29.3 Å². The third-order valence-electron chi connectivity index (χ3n) is 2.43. The lowest BCUT2D eigenvalue weighted by Gasteiger charge is -2.01. The van der Waals surface area contributed by atoms with Crippen molar-refractivity contribution in [3.63, 3.8) is 0 Å². The predicted molar refractivity (Wildman–Crippen MR) is 72.4 cm³/mol. The molecule has 5 nitrogen and oxygen atoms in total. The van der Waals surface area contributed by atoms with Gasteiger partial charge in [-0.25, -0.2) is 0 Å². The molecule has 0 aliphatic heterocycles. The highest BCUT2D eigenvalue weighted by molar-refractivity contribution is 6.34. The summed E-state index contributed by atoms with van der Waals surface area (Å²) >= 11 is 12.0. The molecule has 0 saturated heterocycles. The molecule has 0 fully saturated rings. The van der Waals surface area contributed by atoms with Gasteiger partial charge >= 0.3 is 0 Å². The largest absolute Gasteiger partial charge is 0.253 e. The first kappa shape index (κ1) is 12.1. The van der Waals surface area contributed by atoms with E-state index in [-0.39, 0.29) is 0 Å². The van der Waals surface area contributed by atoms with E-state index >= 15 is 0 Å². The molecule has 0 amide bonds. The van der Waals surface area contributed by atoms with Crippen molar-refractivity contribution < 1.29 is 0 Å². The third-order valence-corrected chi connectivity index (χ3v) is 2.99. The molecule has 0 spiro atoms. The van der Waals surface area contributed by atoms with E-state index in [0.29, 0.717) is 27.3 Å². The van der Waals surface area contributed by atoms with Crippen molar-refractivity contribution in [2.24, 2.45) is 0 Å². The molecular weight excluding hydrogens is 285 g/mol. The van der Waals surface area contributed by atoms with E-state index in [1.165, 1.54) is 4.80 Å². The summed E-state index contributed by atoms with van der Waals surface area (Å²) in [7, 11) is 0. The van der Waals surface area contributed by atoms with E-state index in [9.17, 15) is 0 Å². The highest BCUT2D eigenvalue weighted by Gasteiger charge is 2.10. The second kappa shape index (κ2) is 4.95. The highest BCUT2D eigenvalue weighted by Crippen LogP contribution is 2.23. The first-order chi connectivity index (χ1) is 9.24. The van der Waals surface area contributed by atoms with Crippen LogP contribution in [0.4, 0.5) is 0 Å². The van der Waals surface area contributed by atoms with Gasteiger partial charge in [-0.3, -0.25) is 4.98 Å². The summed E-state index contributed by atoms with van der Waals surface area (Å²) in [4.78, 5) is 5.49. The smallest absolute Gasteiger partial charge is 0.223 e. The molecule has 3 rings (SSSR count). The molecule has 0 aliphatic rings. The van der Waals surface area contributed by atoms with Gasteiger partial charge in [0.1, 0.15) is 11.4 Å². The highest BCUT2D eigenvalue weighted by atomic mass is 35.5. The molecule has 1 aromatic carbocycles. The van der Waals surface area contributed by atoms with Crippen LogP contribution in [0.3, 0.4) is 0 Å². The van der Waals surface area contributed by atoms with Crippen molar-refractivity contribution in [1.82, 2.24) is 25.2 Å². The Morgan fingerprint density at radius 1 is 1.05 bits per heavy atom. The Labute approximate surface area is 118 Å². The normalized spacial score (nSPS) is 10.6. The van der Waals surface area contributed by atoms with Crippen molar-refractivity contribution in [3.05, 3.63) is 52.6 Å². The maximum atomic E-state index is 6.08. The van der Waals surface area contributed by atoms with Crippen LogP contribution >= 0.6 is 23.2 Å². The van der Waals surface area contributed by atoms with Gasteiger partial charge in [-0.05, 0) is 35.5 Å². The molecular formula is C12H7Cl2N5. The minimum Gasteiger partial charge on any atom is -0.253 e. The van der Waals surface area contributed by atoms with Gasteiger partial charge in [0.15, 0.2) is 0 Å². The van der Waals surface area contributed by atoms with Crippen LogP contribution in [0.2, 0.25) is 10.0 Å². The topological polar surface area (TPSA) is 56.5 Å². The van der Waals surface area contributed by atoms with Crippen LogP contribution in [0.5, 0.6) is 0 Å². The number of tetrazole rings is 1. The lowest BCUT2D eigenvalue weighted by molar-refractivity contribution is 0.720. The summed E-state index contributed by atoms with van der Waals surface area (Å²) in [5.74, 6) is 0.427. The van der Waals surface area contributed by atoms with E-state index in [0.717, 1.165) is 0 Å². The summed E-state index contributed by atoms with van der Waals surface area (Å²) in [5, 5.41) is 13.2. The number of benzene rings is 1. The first-order valence-electron chi connectivity index (χ1n) is 5.41. The van der Waals surface area contributed by atoms with Crippen molar-refractivity contribution >= 4 is 23.2 Å². The standard InChI is InChI=1S/C12H7Cl2N5/c13-8-4-5-9(14)11(7-8)19-17-12(16-18-19)10-3-1-2-6-15-10/h1-7H. The number of halogens is 2. The number of rotatable bonds is 2. The number of aromatic nitrogens is 5. The summed E-state index contributed by atoms with van der Waals surface area (Å²) < 4.78 is 0. The van der Waals surface area contributed by atoms with Crippen LogP contribution in [-0.4, -0.2) is 25.2 Å². The van der Waals surface area contributed by atoms with E-state index in [4.69, 9.17) is 23.2 Å². The van der Waals surface area contributed by atoms with Crippen LogP contribution in [0.25, 0.3) is 17.2 Å². The number of pyridine rings is 1. The van der Waals surface area contributed by atoms with Crippen molar-refractivity contribution in [2.75, 3.05) is 0 Å². The quantitative estimate of drug-likeness (QED) is 0.728. The molecule has 94 valence electrons. The molecule has 0 saturated carbocycles. The molecule has 0 unspecified atom stereocenters. The number of hydrogen-bond acceptors (Lipinski definition) is 4. The summed E-state index contributed by atoms with van der Waals surface area (Å²) in [6.45, 7) is 0. The average molecular weight is 292 g/mol. The van der Waals surface area contributed by atoms with Crippen LogP contribution in [0.1, 0.15) is 0 Å².